The van der Waals surface area contributed by atoms with E-state index in [0.29, 0.717) is 16.0 Å². The smallest absolute Gasteiger partial charge is 0.248 e. The lowest BCUT2D eigenvalue weighted by Crippen LogP contribution is -2.36. The van der Waals surface area contributed by atoms with Crippen LogP contribution in [0.5, 0.6) is 0 Å². The molecule has 0 fully saturated rings. The fourth-order valence-electron chi connectivity index (χ4n) is 3.13. The van der Waals surface area contributed by atoms with E-state index in [1.807, 2.05) is 43.3 Å². The standard InChI is InChI=1S/C11H12ClN3O.C10H9ClN2O.CH3NO/c1-15-7-3-4-8(15)11(16)14-10-6-2-5-9(12)13-10;1-7-9-6-8(11)2-3-10(9)13(12-7)4-5-14;2-1-3/h2-3,5-8H,4H2,1H3,(H,13,14,16);2-3,5-6H,4H2,1H3;1H,(H2,2,3). The number of carbonyl (C=O) groups is 3. The maximum absolute atomic E-state index is 11.9. The fourth-order valence-corrected chi connectivity index (χ4v) is 3.46. The second-order valence-electron chi connectivity index (χ2n) is 6.87. The molecule has 33 heavy (non-hydrogen) atoms. The number of benzene rings is 1. The molecule has 3 heterocycles. The maximum Gasteiger partial charge on any atom is 0.248 e. The van der Waals surface area contributed by atoms with Crippen molar-refractivity contribution in [3.63, 3.8) is 0 Å². The summed E-state index contributed by atoms with van der Waals surface area (Å²) in [4.78, 5) is 36.7. The lowest BCUT2D eigenvalue weighted by atomic mass is 10.2. The van der Waals surface area contributed by atoms with E-state index < -0.39 is 0 Å². The normalized spacial score (nSPS) is 14.1. The van der Waals surface area contributed by atoms with Crippen molar-refractivity contribution in [1.82, 2.24) is 19.7 Å². The number of rotatable bonds is 4. The number of hydrogen-bond donors (Lipinski definition) is 2. The summed E-state index contributed by atoms with van der Waals surface area (Å²) in [7, 11) is 1.87. The van der Waals surface area contributed by atoms with Gasteiger partial charge in [0.15, 0.2) is 0 Å². The monoisotopic (exact) mass is 490 g/mol. The molecule has 0 radical (unpaired) electrons. The molecular formula is C22H24Cl2N6O3. The molecule has 2 aromatic heterocycles. The van der Waals surface area contributed by atoms with Crippen LogP contribution in [0.25, 0.3) is 10.9 Å². The second-order valence-corrected chi connectivity index (χ2v) is 7.69. The molecule has 0 saturated heterocycles. The zero-order chi connectivity index (χ0) is 24.4. The summed E-state index contributed by atoms with van der Waals surface area (Å²) in [5, 5.41) is 9.04. The highest BCUT2D eigenvalue weighted by atomic mass is 35.5. The van der Waals surface area contributed by atoms with Crippen LogP contribution < -0.4 is 11.1 Å². The topological polar surface area (TPSA) is 123 Å². The molecule has 3 aromatic rings. The van der Waals surface area contributed by atoms with Gasteiger partial charge in [-0.15, -0.1) is 0 Å². The minimum absolute atomic E-state index is 0.0673. The van der Waals surface area contributed by atoms with Crippen molar-refractivity contribution in [1.29, 1.82) is 0 Å². The third-order valence-electron chi connectivity index (χ3n) is 4.61. The minimum atomic E-state index is -0.152. The number of nitrogens with zero attached hydrogens (tertiary/aromatic N) is 4. The average molecular weight is 491 g/mol. The van der Waals surface area contributed by atoms with Gasteiger partial charge >= 0.3 is 0 Å². The molecule has 0 aliphatic carbocycles. The summed E-state index contributed by atoms with van der Waals surface area (Å²) in [6.45, 7) is 2.19. The van der Waals surface area contributed by atoms with E-state index in [-0.39, 0.29) is 24.9 Å². The molecule has 1 unspecified atom stereocenters. The molecule has 3 N–H and O–H groups in total. The Hall–Kier alpha value is -3.43. The van der Waals surface area contributed by atoms with E-state index in [0.717, 1.165) is 29.3 Å². The number of pyridine rings is 1. The van der Waals surface area contributed by atoms with Crippen LogP contribution in [0.15, 0.2) is 48.7 Å². The zero-order valence-electron chi connectivity index (χ0n) is 18.1. The first-order valence-corrected chi connectivity index (χ1v) is 10.6. The van der Waals surface area contributed by atoms with Gasteiger partial charge in [-0.25, -0.2) is 4.98 Å². The van der Waals surface area contributed by atoms with Gasteiger partial charge in [-0.1, -0.05) is 35.3 Å². The highest BCUT2D eigenvalue weighted by Gasteiger charge is 2.23. The number of hydrogen-bond acceptors (Lipinski definition) is 6. The van der Waals surface area contributed by atoms with Gasteiger partial charge in [0.2, 0.25) is 12.3 Å². The molecule has 1 atom stereocenters. The molecule has 1 aliphatic heterocycles. The highest BCUT2D eigenvalue weighted by molar-refractivity contribution is 6.31. The highest BCUT2D eigenvalue weighted by Crippen LogP contribution is 2.22. The number of fused-ring (bicyclic) bond motifs is 1. The van der Waals surface area contributed by atoms with E-state index in [1.54, 1.807) is 28.9 Å². The summed E-state index contributed by atoms with van der Waals surface area (Å²) in [6.07, 6.45) is 5.68. The molecule has 0 saturated carbocycles. The molecule has 9 nitrogen and oxygen atoms in total. The van der Waals surface area contributed by atoms with Crippen LogP contribution in [0.1, 0.15) is 12.1 Å². The molecule has 4 rings (SSSR count). The number of aldehydes is 1. The molecule has 1 aliphatic rings. The number of anilines is 1. The van der Waals surface area contributed by atoms with Crippen molar-refractivity contribution in [2.75, 3.05) is 12.4 Å². The molecule has 0 bridgehead atoms. The quantitative estimate of drug-likeness (QED) is 0.427. The number of halogens is 2. The van der Waals surface area contributed by atoms with Crippen molar-refractivity contribution in [3.05, 3.63) is 64.5 Å². The maximum atomic E-state index is 11.9. The molecule has 11 heteroatoms. The van der Waals surface area contributed by atoms with E-state index in [4.69, 9.17) is 28.0 Å². The number of primary amides is 1. The van der Waals surface area contributed by atoms with Crippen LogP contribution >= 0.6 is 23.2 Å². The van der Waals surface area contributed by atoms with Gasteiger partial charge in [0.05, 0.1) is 17.8 Å². The summed E-state index contributed by atoms with van der Waals surface area (Å²) in [6, 6.07) is 10.5. The molecule has 174 valence electrons. The first kappa shape index (κ1) is 25.8. The minimum Gasteiger partial charge on any atom is -0.372 e. The van der Waals surface area contributed by atoms with E-state index in [1.165, 1.54) is 0 Å². The van der Waals surface area contributed by atoms with Crippen molar-refractivity contribution < 1.29 is 14.4 Å². The van der Waals surface area contributed by atoms with Crippen LogP contribution in [0, 0.1) is 6.92 Å². The SMILES string of the molecule is CN1C=CCC1C(=O)Nc1cccc(Cl)n1.Cc1nn(CC=O)c2ccc(Cl)cc12.NC=O. The van der Waals surface area contributed by atoms with Gasteiger partial charge in [-0.3, -0.25) is 14.3 Å². The summed E-state index contributed by atoms with van der Waals surface area (Å²) >= 11 is 11.6. The lowest BCUT2D eigenvalue weighted by Gasteiger charge is -2.19. The number of aromatic nitrogens is 3. The van der Waals surface area contributed by atoms with Gasteiger partial charge in [-0.2, -0.15) is 5.10 Å². The Bertz CT molecular complexity index is 1150. The predicted molar refractivity (Wildman–Crippen MR) is 129 cm³/mol. The molecular weight excluding hydrogens is 467 g/mol. The van der Waals surface area contributed by atoms with Gasteiger partial charge in [0.25, 0.3) is 0 Å². The van der Waals surface area contributed by atoms with Crippen molar-refractivity contribution in [2.24, 2.45) is 5.73 Å². The van der Waals surface area contributed by atoms with Crippen LogP contribution in [0.3, 0.4) is 0 Å². The Kier molecular flexibility index (Phi) is 9.84. The fraction of sp³-hybridized carbons (Fsp3) is 0.227. The van der Waals surface area contributed by atoms with E-state index in [2.05, 4.69) is 21.1 Å². The Labute approximate surface area is 201 Å². The molecule has 1 aromatic carbocycles. The summed E-state index contributed by atoms with van der Waals surface area (Å²) < 4.78 is 1.67. The van der Waals surface area contributed by atoms with Crippen LogP contribution in [-0.4, -0.2) is 51.4 Å². The number of amides is 2. The van der Waals surface area contributed by atoms with E-state index in [9.17, 15) is 9.59 Å². The summed E-state index contributed by atoms with van der Waals surface area (Å²) in [5.74, 6) is 0.417. The lowest BCUT2D eigenvalue weighted by molar-refractivity contribution is -0.119. The van der Waals surface area contributed by atoms with Gasteiger partial charge < -0.3 is 20.7 Å². The second kappa shape index (κ2) is 12.6. The third-order valence-corrected chi connectivity index (χ3v) is 5.05. The molecule has 0 spiro atoms. The number of carbonyl (C=O) groups excluding carboxylic acids is 3. The van der Waals surface area contributed by atoms with Gasteiger partial charge in [0.1, 0.15) is 23.3 Å². The van der Waals surface area contributed by atoms with Crippen LogP contribution in [0.4, 0.5) is 5.82 Å². The van der Waals surface area contributed by atoms with Crippen LogP contribution in [-0.2, 0) is 20.9 Å². The largest absolute Gasteiger partial charge is 0.372 e. The summed E-state index contributed by atoms with van der Waals surface area (Å²) in [5.41, 5.74) is 6.00. The Morgan fingerprint density at radius 3 is 2.61 bits per heavy atom. The number of nitrogens with two attached hydrogens (primary N) is 1. The number of aryl methyl sites for hydroxylation is 1. The number of nitrogens with one attached hydrogen (secondary N) is 1. The van der Waals surface area contributed by atoms with Gasteiger partial charge in [-0.05, 0) is 49.9 Å². The van der Waals surface area contributed by atoms with Crippen molar-refractivity contribution >= 4 is 58.5 Å². The predicted octanol–water partition coefficient (Wildman–Crippen LogP) is 3.19. The van der Waals surface area contributed by atoms with Crippen molar-refractivity contribution in [3.8, 4) is 0 Å². The third kappa shape index (κ3) is 7.30. The van der Waals surface area contributed by atoms with Crippen molar-refractivity contribution in [2.45, 2.75) is 25.9 Å². The van der Waals surface area contributed by atoms with Gasteiger partial charge in [0, 0.05) is 17.5 Å². The average Bonchev–Trinajstić information content (AvgIpc) is 3.33. The Balaban J connectivity index is 0.000000210. The van der Waals surface area contributed by atoms with E-state index >= 15 is 0 Å². The number of likely N-dealkylation sites (N-methyl/N-ethyl adjacent to an activating group) is 1. The first-order chi connectivity index (χ1) is 15.8. The Morgan fingerprint density at radius 2 is 2.00 bits per heavy atom. The van der Waals surface area contributed by atoms with Crippen LogP contribution in [0.2, 0.25) is 10.2 Å². The zero-order valence-corrected chi connectivity index (χ0v) is 19.6. The Morgan fingerprint density at radius 1 is 1.27 bits per heavy atom. The first-order valence-electron chi connectivity index (χ1n) is 9.84. The molecule has 2 amide bonds.